The molecule has 9 heteroatoms. The fraction of sp³-hybridized carbons (Fsp3) is 0.458. The Morgan fingerprint density at radius 2 is 1.97 bits per heavy atom. The fourth-order valence-corrected chi connectivity index (χ4v) is 4.60. The van der Waals surface area contributed by atoms with Gasteiger partial charge in [-0.3, -0.25) is 14.3 Å². The van der Waals surface area contributed by atoms with Crippen LogP contribution in [-0.2, 0) is 9.47 Å². The van der Waals surface area contributed by atoms with Crippen LogP contribution in [-0.4, -0.2) is 50.4 Å². The molecule has 2 fully saturated rings. The summed E-state index contributed by atoms with van der Waals surface area (Å²) in [4.78, 5) is 33.8. The van der Waals surface area contributed by atoms with Crippen LogP contribution in [0, 0.1) is 5.92 Å². The number of nitrogens with zero attached hydrogens (tertiary/aromatic N) is 3. The Morgan fingerprint density at radius 1 is 1.24 bits per heavy atom. The first-order valence-electron chi connectivity index (χ1n) is 11.2. The number of aromatic amines is 1. The van der Waals surface area contributed by atoms with Crippen molar-refractivity contribution in [3.63, 3.8) is 0 Å². The zero-order valence-corrected chi connectivity index (χ0v) is 19.6. The maximum Gasteiger partial charge on any atom is 0.410 e. The Kier molecular flexibility index (Phi) is 5.45. The molecule has 0 unspecified atom stereocenters. The highest BCUT2D eigenvalue weighted by Crippen LogP contribution is 2.39. The van der Waals surface area contributed by atoms with E-state index >= 15 is 0 Å². The van der Waals surface area contributed by atoms with Gasteiger partial charge in [0.1, 0.15) is 10.8 Å². The lowest BCUT2D eigenvalue weighted by atomic mass is 10.0. The number of fused-ring (bicyclic) bond motifs is 1. The molecule has 8 nitrogen and oxygen atoms in total. The summed E-state index contributed by atoms with van der Waals surface area (Å²) < 4.78 is 13.6. The molecule has 3 heterocycles. The van der Waals surface area contributed by atoms with E-state index in [9.17, 15) is 9.59 Å². The van der Waals surface area contributed by atoms with Gasteiger partial charge in [-0.1, -0.05) is 23.7 Å². The molecule has 174 valence electrons. The molecule has 1 aliphatic heterocycles. The Morgan fingerprint density at radius 3 is 2.64 bits per heavy atom. The van der Waals surface area contributed by atoms with Gasteiger partial charge in [-0.2, -0.15) is 0 Å². The molecule has 2 aliphatic rings. The van der Waals surface area contributed by atoms with Crippen molar-refractivity contribution in [1.82, 2.24) is 19.4 Å². The Balaban J connectivity index is 1.45. The van der Waals surface area contributed by atoms with Crippen LogP contribution in [0.1, 0.15) is 45.2 Å². The first-order valence-corrected chi connectivity index (χ1v) is 11.6. The number of benzene rings is 1. The lowest BCUT2D eigenvalue weighted by molar-refractivity contribution is -0.0779. The quantitative estimate of drug-likeness (QED) is 0.610. The molecule has 1 amide bonds. The van der Waals surface area contributed by atoms with Crippen molar-refractivity contribution in [2.24, 2.45) is 5.92 Å². The third kappa shape index (κ3) is 4.37. The van der Waals surface area contributed by atoms with Crippen molar-refractivity contribution >= 4 is 28.7 Å². The smallest absolute Gasteiger partial charge is 0.410 e. The van der Waals surface area contributed by atoms with E-state index in [2.05, 4.69) is 9.97 Å². The van der Waals surface area contributed by atoms with Crippen molar-refractivity contribution in [1.29, 1.82) is 0 Å². The second-order valence-electron chi connectivity index (χ2n) is 9.72. The predicted molar refractivity (Wildman–Crippen MR) is 125 cm³/mol. The monoisotopic (exact) mass is 470 g/mol. The maximum absolute atomic E-state index is 13.0. The van der Waals surface area contributed by atoms with Crippen molar-refractivity contribution in [2.75, 3.05) is 13.2 Å². The van der Waals surface area contributed by atoms with Crippen molar-refractivity contribution in [2.45, 2.75) is 51.4 Å². The lowest BCUT2D eigenvalue weighted by Gasteiger charge is -2.40. The normalized spacial score (nSPS) is 21.4. The number of ether oxygens (including phenoxy) is 2. The largest absolute Gasteiger partial charge is 0.444 e. The number of aromatic nitrogens is 3. The summed E-state index contributed by atoms with van der Waals surface area (Å²) in [5.41, 5.74) is 1.39. The Hall–Kier alpha value is -2.84. The van der Waals surface area contributed by atoms with Crippen LogP contribution in [0.25, 0.3) is 16.7 Å². The molecular formula is C24H27ClN4O4. The van der Waals surface area contributed by atoms with Crippen molar-refractivity contribution in [3.05, 3.63) is 57.7 Å². The van der Waals surface area contributed by atoms with E-state index in [4.69, 9.17) is 21.1 Å². The molecule has 2 aromatic heterocycles. The molecule has 0 bridgehead atoms. The number of morpholine rings is 1. The zero-order valence-electron chi connectivity index (χ0n) is 18.9. The van der Waals surface area contributed by atoms with E-state index < -0.39 is 5.60 Å². The maximum atomic E-state index is 13.0. The van der Waals surface area contributed by atoms with Crippen LogP contribution in [0.3, 0.4) is 0 Å². The highest BCUT2D eigenvalue weighted by atomic mass is 35.5. The minimum Gasteiger partial charge on any atom is -0.444 e. The molecule has 1 aromatic carbocycles. The summed E-state index contributed by atoms with van der Waals surface area (Å²) in [5, 5.41) is 0.820. The van der Waals surface area contributed by atoms with Crippen LogP contribution in [0.4, 0.5) is 4.79 Å². The Bertz CT molecular complexity index is 1240. The molecule has 1 saturated heterocycles. The number of carbonyl (C=O) groups is 1. The predicted octanol–water partition coefficient (Wildman–Crippen LogP) is 4.45. The number of amides is 1. The van der Waals surface area contributed by atoms with Gasteiger partial charge in [-0.25, -0.2) is 9.78 Å². The number of nitrogens with one attached hydrogen (secondary N) is 1. The second-order valence-corrected chi connectivity index (χ2v) is 10.1. The van der Waals surface area contributed by atoms with E-state index in [-0.39, 0.29) is 23.8 Å². The van der Waals surface area contributed by atoms with Crippen LogP contribution in [0.5, 0.6) is 0 Å². The molecule has 0 spiro atoms. The van der Waals surface area contributed by atoms with E-state index in [1.165, 1.54) is 6.33 Å². The lowest BCUT2D eigenvalue weighted by Crippen LogP contribution is -2.49. The molecule has 1 saturated carbocycles. The van der Waals surface area contributed by atoms with Gasteiger partial charge in [-0.05, 0) is 63.3 Å². The third-order valence-corrected chi connectivity index (χ3v) is 6.37. The highest BCUT2D eigenvalue weighted by Gasteiger charge is 2.41. The first-order chi connectivity index (χ1) is 15.7. The van der Waals surface area contributed by atoms with Crippen molar-refractivity contribution < 1.29 is 14.3 Å². The number of hydrogen-bond acceptors (Lipinski definition) is 5. The molecule has 33 heavy (non-hydrogen) atoms. The molecule has 3 aromatic rings. The standard InChI is InChI=1S/C24H27ClN4O4/c1-24(2,3)33-23(31)28-11-19(15-4-5-15)32-12-18(28)14-6-8-16(9-7-14)29-20(25)10-17-21(29)26-13-27-22(17)30/h6-10,13,15,18-19H,4-5,11-12H2,1-3H3,(H,26,27,30)/t18-,19+/m0/s1. The summed E-state index contributed by atoms with van der Waals surface area (Å²) in [6.45, 7) is 6.56. The van der Waals surface area contributed by atoms with Gasteiger partial charge in [0.15, 0.2) is 5.65 Å². The van der Waals surface area contributed by atoms with Gasteiger partial charge >= 0.3 is 6.09 Å². The van der Waals surface area contributed by atoms with Crippen LogP contribution >= 0.6 is 11.6 Å². The number of hydrogen-bond donors (Lipinski definition) is 1. The Labute approximate surface area is 196 Å². The third-order valence-electron chi connectivity index (χ3n) is 6.09. The summed E-state index contributed by atoms with van der Waals surface area (Å²) >= 11 is 6.42. The number of rotatable bonds is 3. The minimum absolute atomic E-state index is 0.0576. The van der Waals surface area contributed by atoms with Gasteiger partial charge in [0, 0.05) is 5.69 Å². The van der Waals surface area contributed by atoms with Crippen molar-refractivity contribution in [3.8, 4) is 5.69 Å². The summed E-state index contributed by atoms with van der Waals surface area (Å²) in [7, 11) is 0. The average Bonchev–Trinajstić information content (AvgIpc) is 3.55. The van der Waals surface area contributed by atoms with Gasteiger partial charge in [0.25, 0.3) is 5.56 Å². The molecule has 5 rings (SSSR count). The summed E-state index contributed by atoms with van der Waals surface area (Å²) in [5.74, 6) is 0.526. The zero-order chi connectivity index (χ0) is 23.3. The van der Waals surface area contributed by atoms with Gasteiger partial charge < -0.3 is 14.5 Å². The number of carbonyl (C=O) groups excluding carboxylic acids is 1. The highest BCUT2D eigenvalue weighted by molar-refractivity contribution is 6.31. The average molecular weight is 471 g/mol. The van der Waals surface area contributed by atoms with Gasteiger partial charge in [0.05, 0.1) is 37.0 Å². The van der Waals surface area contributed by atoms with Gasteiger partial charge in [-0.15, -0.1) is 0 Å². The summed E-state index contributed by atoms with van der Waals surface area (Å²) in [6, 6.07) is 9.07. The van der Waals surface area contributed by atoms with E-state index in [0.29, 0.717) is 35.3 Å². The van der Waals surface area contributed by atoms with E-state index in [0.717, 1.165) is 24.1 Å². The topological polar surface area (TPSA) is 89.5 Å². The summed E-state index contributed by atoms with van der Waals surface area (Å²) in [6.07, 6.45) is 3.39. The van der Waals surface area contributed by atoms with Crippen LogP contribution in [0.15, 0.2) is 41.5 Å². The van der Waals surface area contributed by atoms with E-state index in [1.807, 2.05) is 45.0 Å². The van der Waals surface area contributed by atoms with Crippen LogP contribution < -0.4 is 5.56 Å². The molecule has 2 atom stereocenters. The van der Waals surface area contributed by atoms with E-state index in [1.54, 1.807) is 15.5 Å². The molecule has 0 radical (unpaired) electrons. The fourth-order valence-electron chi connectivity index (χ4n) is 4.32. The number of halogens is 1. The molecule has 1 aliphatic carbocycles. The first kappa shape index (κ1) is 22.0. The second kappa shape index (κ2) is 8.18. The minimum atomic E-state index is -0.573. The SMILES string of the molecule is CC(C)(C)OC(=O)N1C[C@H](C2CC2)OC[C@H]1c1ccc(-n2c(Cl)cc3c(=O)[nH]cnc32)cc1. The van der Waals surface area contributed by atoms with Gasteiger partial charge in [0.2, 0.25) is 0 Å². The molecule has 1 N–H and O–H groups in total. The molecular weight excluding hydrogens is 444 g/mol. The number of H-pyrrole nitrogens is 1. The van der Waals surface area contributed by atoms with Crippen LogP contribution in [0.2, 0.25) is 5.15 Å².